The molecule has 4 atom stereocenters. The van der Waals surface area contributed by atoms with Crippen LogP contribution >= 0.6 is 34.8 Å². The van der Waals surface area contributed by atoms with E-state index in [0.29, 0.717) is 49.8 Å². The number of aliphatic hydroxyl groups excluding tert-OH is 1. The summed E-state index contributed by atoms with van der Waals surface area (Å²) in [5.41, 5.74) is 10.7. The predicted molar refractivity (Wildman–Crippen MR) is 182 cm³/mol. The van der Waals surface area contributed by atoms with Gasteiger partial charge in [0.15, 0.2) is 0 Å². The second-order valence-corrected chi connectivity index (χ2v) is 13.4. The van der Waals surface area contributed by atoms with Gasteiger partial charge in [0.2, 0.25) is 0 Å². The Hall–Kier alpha value is -3.82. The molecule has 4 aromatic rings. The molecule has 0 amide bonds. The molecule has 0 bridgehead atoms. The molecule has 3 aromatic carbocycles. The monoisotopic (exact) mass is 693 g/mol. The van der Waals surface area contributed by atoms with Crippen LogP contribution in [0.5, 0.6) is 0 Å². The highest BCUT2D eigenvalue weighted by molar-refractivity contribution is 6.36. The van der Waals surface area contributed by atoms with Gasteiger partial charge in [-0.3, -0.25) is 9.99 Å². The number of aliphatic hydroxyl groups is 1. The summed E-state index contributed by atoms with van der Waals surface area (Å²) in [6.45, 7) is 1.57. The van der Waals surface area contributed by atoms with Crippen molar-refractivity contribution in [2.75, 3.05) is 23.8 Å². The van der Waals surface area contributed by atoms with Crippen molar-refractivity contribution in [1.82, 2.24) is 21.0 Å². The van der Waals surface area contributed by atoms with Crippen molar-refractivity contribution < 1.29 is 14.2 Å². The number of hydrogen-bond acceptors (Lipinski definition) is 9. The van der Waals surface area contributed by atoms with Crippen LogP contribution in [0.15, 0.2) is 72.7 Å². The van der Waals surface area contributed by atoms with Crippen LogP contribution in [-0.2, 0) is 4.74 Å². The van der Waals surface area contributed by atoms with Crippen LogP contribution in [0.3, 0.4) is 0 Å². The van der Waals surface area contributed by atoms with Crippen LogP contribution in [0.1, 0.15) is 36.4 Å². The summed E-state index contributed by atoms with van der Waals surface area (Å²) in [7, 11) is 0. The van der Waals surface area contributed by atoms with Crippen molar-refractivity contribution in [3.63, 3.8) is 0 Å². The maximum atomic E-state index is 13.9. The van der Waals surface area contributed by atoms with Gasteiger partial charge in [-0.25, -0.2) is 4.39 Å². The Morgan fingerprint density at radius 3 is 2.51 bits per heavy atom. The molecule has 47 heavy (non-hydrogen) atoms. The Bertz CT molecular complexity index is 1880. The number of nitriles is 1. The van der Waals surface area contributed by atoms with Gasteiger partial charge in [-0.2, -0.15) is 5.26 Å². The molecule has 2 aliphatic heterocycles. The third-order valence-electron chi connectivity index (χ3n) is 9.18. The molecule has 13 heteroatoms. The molecule has 2 fully saturated rings. The van der Waals surface area contributed by atoms with Crippen LogP contribution in [0.2, 0.25) is 15.1 Å². The number of nitrogens with one attached hydrogen (secondary N) is 4. The van der Waals surface area contributed by atoms with Gasteiger partial charge in [-0.05, 0) is 73.2 Å². The van der Waals surface area contributed by atoms with Crippen LogP contribution in [0.25, 0.3) is 10.9 Å². The van der Waals surface area contributed by atoms with Gasteiger partial charge >= 0.3 is 0 Å². The number of pyridine rings is 1. The topological polar surface area (TPSA) is 118 Å². The van der Waals surface area contributed by atoms with E-state index in [2.05, 4.69) is 32.6 Å². The van der Waals surface area contributed by atoms with Crippen LogP contribution in [-0.4, -0.2) is 40.5 Å². The summed E-state index contributed by atoms with van der Waals surface area (Å²) < 4.78 is 19.3. The average molecular weight is 695 g/mol. The molecule has 1 aliphatic carbocycles. The second-order valence-electron chi connectivity index (χ2n) is 12.1. The standard InChI is InChI=1S/C34H31Cl3FN7O2/c35-22-4-1-18(2-5-22)33(29-15-45(44-43-29)30-8-3-19(9-31(30)46)21-16-47-17-21)42-24-10-25-32(41-23-6-7-28(38)26(36)11-23)20(13-39)14-40-34(25)27(37)12-24/h1-2,4-7,10-12,14-15,19,21,30-31,33,42-44,46H,3,8-9,16-17H2,(H,40,41)/t19?,30?,31-,33+/m1/s1. The van der Waals surface area contributed by atoms with Crippen LogP contribution < -0.4 is 21.6 Å². The third-order valence-corrected chi connectivity index (χ3v) is 10.0. The number of halogens is 4. The highest BCUT2D eigenvalue weighted by atomic mass is 35.5. The molecular weight excluding hydrogens is 664 g/mol. The summed E-state index contributed by atoms with van der Waals surface area (Å²) in [6.07, 6.45) is 5.57. The minimum atomic E-state index is -0.547. The zero-order chi connectivity index (χ0) is 32.7. The Labute approximate surface area is 286 Å². The molecule has 0 spiro atoms. The first-order chi connectivity index (χ1) is 22.8. The van der Waals surface area contributed by atoms with Crippen molar-refractivity contribution in [3.8, 4) is 6.07 Å². The predicted octanol–water partition coefficient (Wildman–Crippen LogP) is 7.44. The summed E-state index contributed by atoms with van der Waals surface area (Å²) in [5.74, 6) is 0.469. The first-order valence-electron chi connectivity index (χ1n) is 15.3. The largest absolute Gasteiger partial charge is 0.391 e. The molecule has 3 heterocycles. The van der Waals surface area contributed by atoms with E-state index < -0.39 is 18.0 Å². The lowest BCUT2D eigenvalue weighted by Gasteiger charge is -2.42. The number of nitrogens with zero attached hydrogens (tertiary/aromatic N) is 3. The van der Waals surface area contributed by atoms with Gasteiger partial charge in [0, 0.05) is 40.1 Å². The molecule has 3 aliphatic rings. The maximum absolute atomic E-state index is 13.9. The molecule has 1 saturated carbocycles. The Morgan fingerprint density at radius 2 is 1.81 bits per heavy atom. The van der Waals surface area contributed by atoms with E-state index in [9.17, 15) is 14.8 Å². The first kappa shape index (κ1) is 31.8. The number of hydrazine groups is 2. The van der Waals surface area contributed by atoms with E-state index in [4.69, 9.17) is 39.5 Å². The van der Waals surface area contributed by atoms with Crippen LogP contribution in [0, 0.1) is 29.0 Å². The van der Waals surface area contributed by atoms with Gasteiger partial charge < -0.3 is 25.9 Å². The molecule has 5 N–H and O–H groups in total. The smallest absolute Gasteiger partial charge is 0.141 e. The lowest BCUT2D eigenvalue weighted by molar-refractivity contribution is -0.0908. The molecular formula is C34H31Cl3FN7O2. The second kappa shape index (κ2) is 13.4. The molecule has 1 saturated heterocycles. The van der Waals surface area contributed by atoms with Gasteiger partial charge in [0.05, 0.1) is 63.9 Å². The van der Waals surface area contributed by atoms with E-state index in [0.717, 1.165) is 43.7 Å². The summed E-state index contributed by atoms with van der Waals surface area (Å²) in [5, 5.41) is 31.3. The fourth-order valence-electron chi connectivity index (χ4n) is 6.55. The number of benzene rings is 3. The van der Waals surface area contributed by atoms with Crippen molar-refractivity contribution in [2.24, 2.45) is 11.8 Å². The Balaban J connectivity index is 1.21. The Kier molecular flexibility index (Phi) is 9.03. The molecule has 2 unspecified atom stereocenters. The number of ether oxygens (including phenoxy) is 1. The summed E-state index contributed by atoms with van der Waals surface area (Å²) in [6, 6.07) is 17.1. The van der Waals surface area contributed by atoms with Gasteiger partial charge in [-0.1, -0.05) is 46.9 Å². The summed E-state index contributed by atoms with van der Waals surface area (Å²) in [4.78, 5) is 4.45. The number of hydrogen-bond donors (Lipinski definition) is 5. The molecule has 242 valence electrons. The molecule has 1 aromatic heterocycles. The quantitative estimate of drug-likeness (QED) is 0.128. The average Bonchev–Trinajstić information content (AvgIpc) is 3.51. The molecule has 7 rings (SSSR count). The number of fused-ring (bicyclic) bond motifs is 1. The SMILES string of the molecule is N#Cc1cnc2c(Cl)cc(N[C@H](C3=CN(C4CCC(C5COC5)C[C@H]4O)NN3)c3ccc(Cl)cc3)cc2c1Nc1ccc(F)c(Cl)c1. The van der Waals surface area contributed by atoms with E-state index in [1.165, 1.54) is 24.4 Å². The van der Waals surface area contributed by atoms with Gasteiger partial charge in [0.1, 0.15) is 11.9 Å². The normalized spacial score (nSPS) is 21.8. The highest BCUT2D eigenvalue weighted by Gasteiger charge is 2.39. The Morgan fingerprint density at radius 1 is 1.02 bits per heavy atom. The minimum absolute atomic E-state index is 0.0495. The van der Waals surface area contributed by atoms with Gasteiger partial charge in [0.25, 0.3) is 0 Å². The summed E-state index contributed by atoms with van der Waals surface area (Å²) >= 11 is 19.1. The van der Waals surface area contributed by atoms with Crippen molar-refractivity contribution in [2.45, 2.75) is 37.5 Å². The number of aromatic nitrogens is 1. The van der Waals surface area contributed by atoms with E-state index >= 15 is 0 Å². The zero-order valence-corrected chi connectivity index (χ0v) is 27.2. The van der Waals surface area contributed by atoms with Crippen molar-refractivity contribution in [3.05, 3.63) is 105 Å². The van der Waals surface area contributed by atoms with E-state index in [1.54, 1.807) is 6.07 Å². The molecule has 0 radical (unpaired) electrons. The lowest BCUT2D eigenvalue weighted by atomic mass is 9.76. The fourth-order valence-corrected chi connectivity index (χ4v) is 7.13. The minimum Gasteiger partial charge on any atom is -0.391 e. The van der Waals surface area contributed by atoms with Crippen LogP contribution in [0.4, 0.5) is 21.5 Å². The third kappa shape index (κ3) is 6.52. The first-order valence-corrected chi connectivity index (χ1v) is 16.4. The molecule has 9 nitrogen and oxygen atoms in total. The highest BCUT2D eigenvalue weighted by Crippen LogP contribution is 2.39. The van der Waals surface area contributed by atoms with E-state index in [-0.39, 0.29) is 16.6 Å². The van der Waals surface area contributed by atoms with Gasteiger partial charge in [-0.15, -0.1) is 5.53 Å². The number of anilines is 3. The lowest BCUT2D eigenvalue weighted by Crippen LogP contribution is -2.52. The number of rotatable bonds is 8. The zero-order valence-electron chi connectivity index (χ0n) is 25.0. The van der Waals surface area contributed by atoms with Crippen molar-refractivity contribution >= 4 is 62.8 Å². The fraction of sp³-hybridized carbons (Fsp3) is 0.294. The maximum Gasteiger partial charge on any atom is 0.141 e. The van der Waals surface area contributed by atoms with E-state index in [1.807, 2.05) is 41.5 Å². The van der Waals surface area contributed by atoms with Crippen molar-refractivity contribution in [1.29, 1.82) is 5.26 Å².